The Bertz CT molecular complexity index is 474. The van der Waals surface area contributed by atoms with Crippen molar-refractivity contribution in [2.75, 3.05) is 13.2 Å². The molecule has 0 aliphatic carbocycles. The molecular weight excluding hydrogens is 252 g/mol. The van der Waals surface area contributed by atoms with Gasteiger partial charge in [0.05, 0.1) is 13.2 Å². The number of rotatable bonds is 2. The number of fused-ring (bicyclic) bond motifs is 2. The summed E-state index contributed by atoms with van der Waals surface area (Å²) in [5, 5.41) is 3.39. The largest absolute Gasteiger partial charge is 0.378 e. The first-order valence-electron chi connectivity index (χ1n) is 6.46. The Morgan fingerprint density at radius 2 is 1.68 bits per heavy atom. The molecule has 0 spiro atoms. The second kappa shape index (κ2) is 4.98. The molecule has 3 nitrogen and oxygen atoms in total. The van der Waals surface area contributed by atoms with Crippen LogP contribution in [0.15, 0.2) is 18.2 Å². The third-order valence-corrected chi connectivity index (χ3v) is 3.77. The molecule has 2 atom stereocenters. The fourth-order valence-corrected chi connectivity index (χ4v) is 2.98. The van der Waals surface area contributed by atoms with Crippen molar-refractivity contribution in [2.45, 2.75) is 24.9 Å². The zero-order chi connectivity index (χ0) is 13.4. The number of benzene rings is 1. The second-order valence-corrected chi connectivity index (χ2v) is 5.29. The first kappa shape index (κ1) is 12.7. The van der Waals surface area contributed by atoms with E-state index in [1.54, 1.807) is 0 Å². The topological polar surface area (TPSA) is 38.3 Å². The molecular formula is C14H15F2NO2. The van der Waals surface area contributed by atoms with Crippen LogP contribution in [0.2, 0.25) is 0 Å². The molecule has 102 valence electrons. The predicted molar refractivity (Wildman–Crippen MR) is 64.9 cm³/mol. The van der Waals surface area contributed by atoms with Gasteiger partial charge in [-0.3, -0.25) is 4.79 Å². The molecule has 2 fully saturated rings. The highest BCUT2D eigenvalue weighted by molar-refractivity contribution is 5.98. The van der Waals surface area contributed by atoms with E-state index in [-0.39, 0.29) is 29.3 Å². The van der Waals surface area contributed by atoms with Crippen LogP contribution in [0.25, 0.3) is 0 Å². The molecule has 0 amide bonds. The lowest BCUT2D eigenvalue weighted by atomic mass is 9.82. The summed E-state index contributed by atoms with van der Waals surface area (Å²) in [5.74, 6) is -1.76. The summed E-state index contributed by atoms with van der Waals surface area (Å²) in [4.78, 5) is 12.3. The molecule has 2 bridgehead atoms. The van der Waals surface area contributed by atoms with Crippen LogP contribution in [-0.2, 0) is 4.74 Å². The van der Waals surface area contributed by atoms with Crippen molar-refractivity contribution in [3.05, 3.63) is 35.4 Å². The molecule has 2 saturated heterocycles. The van der Waals surface area contributed by atoms with Gasteiger partial charge in [-0.15, -0.1) is 0 Å². The predicted octanol–water partition coefficient (Wildman–Crippen LogP) is 1.91. The second-order valence-electron chi connectivity index (χ2n) is 5.29. The van der Waals surface area contributed by atoms with E-state index in [4.69, 9.17) is 4.74 Å². The molecule has 5 heteroatoms. The summed E-state index contributed by atoms with van der Waals surface area (Å²) < 4.78 is 31.7. The molecule has 1 aromatic carbocycles. The van der Waals surface area contributed by atoms with Crippen LogP contribution in [-0.4, -0.2) is 31.1 Å². The molecule has 2 aliphatic rings. The van der Waals surface area contributed by atoms with E-state index in [0.717, 1.165) is 18.2 Å². The molecule has 1 N–H and O–H groups in total. The molecule has 0 radical (unpaired) electrons. The van der Waals surface area contributed by atoms with Crippen molar-refractivity contribution >= 4 is 5.78 Å². The lowest BCUT2D eigenvalue weighted by Crippen LogP contribution is -2.55. The zero-order valence-corrected chi connectivity index (χ0v) is 10.4. The fraction of sp³-hybridized carbons (Fsp3) is 0.500. The van der Waals surface area contributed by atoms with Gasteiger partial charge in [0.2, 0.25) is 0 Å². The molecule has 2 heterocycles. The molecule has 19 heavy (non-hydrogen) atoms. The normalized spacial score (nSPS) is 30.1. The van der Waals surface area contributed by atoms with Gasteiger partial charge in [0.25, 0.3) is 0 Å². The van der Waals surface area contributed by atoms with Crippen molar-refractivity contribution in [2.24, 2.45) is 5.92 Å². The summed E-state index contributed by atoms with van der Waals surface area (Å²) in [6.07, 6.45) is 1.32. The minimum Gasteiger partial charge on any atom is -0.378 e. The fourth-order valence-electron chi connectivity index (χ4n) is 2.98. The van der Waals surface area contributed by atoms with Gasteiger partial charge in [-0.05, 0) is 25.0 Å². The van der Waals surface area contributed by atoms with Gasteiger partial charge in [0.15, 0.2) is 5.78 Å². The van der Waals surface area contributed by atoms with Gasteiger partial charge < -0.3 is 10.1 Å². The number of piperidine rings is 1. The highest BCUT2D eigenvalue weighted by atomic mass is 19.1. The maximum absolute atomic E-state index is 13.2. The molecule has 0 saturated carbocycles. The number of ether oxygens (including phenoxy) is 1. The number of morpholine rings is 1. The third-order valence-electron chi connectivity index (χ3n) is 3.77. The van der Waals surface area contributed by atoms with Gasteiger partial charge in [-0.1, -0.05) is 0 Å². The Labute approximate surface area is 109 Å². The SMILES string of the molecule is O=C(c1cc(F)cc(F)c1)C1CC2COCC(C1)N2. The average Bonchev–Trinajstić information content (AvgIpc) is 2.36. The van der Waals surface area contributed by atoms with Crippen LogP contribution in [0.1, 0.15) is 23.2 Å². The van der Waals surface area contributed by atoms with Crippen molar-refractivity contribution in [3.63, 3.8) is 0 Å². The highest BCUT2D eigenvalue weighted by Gasteiger charge is 2.35. The van der Waals surface area contributed by atoms with Gasteiger partial charge in [-0.2, -0.15) is 0 Å². The summed E-state index contributed by atoms with van der Waals surface area (Å²) >= 11 is 0. The Hall–Kier alpha value is -1.33. The first-order valence-corrected chi connectivity index (χ1v) is 6.46. The first-order chi connectivity index (χ1) is 9.11. The Balaban J connectivity index is 1.79. The van der Waals surface area contributed by atoms with Crippen LogP contribution in [0.4, 0.5) is 8.78 Å². The van der Waals surface area contributed by atoms with Crippen molar-refractivity contribution < 1.29 is 18.3 Å². The van der Waals surface area contributed by atoms with Crippen LogP contribution >= 0.6 is 0 Å². The minimum atomic E-state index is -0.708. The van der Waals surface area contributed by atoms with E-state index in [9.17, 15) is 13.6 Å². The Morgan fingerprint density at radius 1 is 1.11 bits per heavy atom. The van der Waals surface area contributed by atoms with Crippen molar-refractivity contribution in [1.82, 2.24) is 5.32 Å². The molecule has 3 rings (SSSR count). The molecule has 0 aromatic heterocycles. The van der Waals surface area contributed by atoms with E-state index < -0.39 is 11.6 Å². The maximum atomic E-state index is 13.2. The van der Waals surface area contributed by atoms with Crippen molar-refractivity contribution in [1.29, 1.82) is 0 Å². The summed E-state index contributed by atoms with van der Waals surface area (Å²) in [5.41, 5.74) is 0.128. The Morgan fingerprint density at radius 3 is 2.26 bits per heavy atom. The number of nitrogens with one attached hydrogen (secondary N) is 1. The van der Waals surface area contributed by atoms with Gasteiger partial charge in [0.1, 0.15) is 11.6 Å². The maximum Gasteiger partial charge on any atom is 0.166 e. The number of carbonyl (C=O) groups is 1. The Kier molecular flexibility index (Phi) is 3.33. The summed E-state index contributed by atoms with van der Waals surface area (Å²) in [6, 6.07) is 3.33. The molecule has 2 unspecified atom stereocenters. The van der Waals surface area contributed by atoms with E-state index in [2.05, 4.69) is 5.32 Å². The lowest BCUT2D eigenvalue weighted by molar-refractivity contribution is 0.00951. The monoisotopic (exact) mass is 267 g/mol. The van der Waals surface area contributed by atoms with Crippen LogP contribution < -0.4 is 5.32 Å². The number of carbonyl (C=O) groups excluding carboxylic acids is 1. The minimum absolute atomic E-state index is 0.128. The van der Waals surface area contributed by atoms with Crippen LogP contribution in [0, 0.1) is 17.6 Å². The van der Waals surface area contributed by atoms with E-state index in [0.29, 0.717) is 26.1 Å². The van der Waals surface area contributed by atoms with E-state index in [1.807, 2.05) is 0 Å². The number of hydrogen-bond donors (Lipinski definition) is 1. The average molecular weight is 267 g/mol. The van der Waals surface area contributed by atoms with E-state index >= 15 is 0 Å². The van der Waals surface area contributed by atoms with Gasteiger partial charge in [-0.25, -0.2) is 8.78 Å². The number of halogens is 2. The van der Waals surface area contributed by atoms with Crippen molar-refractivity contribution in [3.8, 4) is 0 Å². The quantitative estimate of drug-likeness (QED) is 0.832. The molecule has 2 aliphatic heterocycles. The van der Waals surface area contributed by atoms with Crippen LogP contribution in [0.3, 0.4) is 0 Å². The number of ketones is 1. The smallest absolute Gasteiger partial charge is 0.166 e. The molecule has 1 aromatic rings. The number of hydrogen-bond acceptors (Lipinski definition) is 3. The third kappa shape index (κ3) is 2.67. The highest BCUT2D eigenvalue weighted by Crippen LogP contribution is 2.27. The van der Waals surface area contributed by atoms with Gasteiger partial charge in [0, 0.05) is 29.6 Å². The lowest BCUT2D eigenvalue weighted by Gasteiger charge is -2.39. The zero-order valence-electron chi connectivity index (χ0n) is 10.4. The van der Waals surface area contributed by atoms with Crippen LogP contribution in [0.5, 0.6) is 0 Å². The van der Waals surface area contributed by atoms with E-state index in [1.165, 1.54) is 0 Å². The van der Waals surface area contributed by atoms with Gasteiger partial charge >= 0.3 is 0 Å². The summed E-state index contributed by atoms with van der Waals surface area (Å²) in [7, 11) is 0. The summed E-state index contributed by atoms with van der Waals surface area (Å²) in [6.45, 7) is 1.19. The standard InChI is InChI=1S/C14H15F2NO2/c15-10-1-8(2-11(16)5-10)14(18)9-3-12-6-19-7-13(4-9)17-12/h1-2,5,9,12-13,17H,3-4,6-7H2. The number of Topliss-reactive ketones (excluding diaryl/α,β-unsaturated/α-hetero) is 1.